The summed E-state index contributed by atoms with van der Waals surface area (Å²) in [6.45, 7) is 9.51. The van der Waals surface area contributed by atoms with Crippen LogP contribution in [0.4, 0.5) is 0 Å². The molecule has 0 radical (unpaired) electrons. The zero-order valence-electron chi connectivity index (χ0n) is 12.5. The summed E-state index contributed by atoms with van der Waals surface area (Å²) in [5.41, 5.74) is -0.440. The molecule has 1 aromatic rings. The van der Waals surface area contributed by atoms with E-state index in [1.165, 1.54) is 0 Å². The SMILES string of the molecule is CC(CCc1ccco1)NC(C)C(=O)OC(C)(C)C. The molecule has 0 aliphatic carbocycles. The molecule has 0 spiro atoms. The third-order valence-corrected chi connectivity index (χ3v) is 2.70. The van der Waals surface area contributed by atoms with E-state index in [-0.39, 0.29) is 18.1 Å². The number of rotatable bonds is 6. The van der Waals surface area contributed by atoms with Crippen LogP contribution in [0.25, 0.3) is 0 Å². The second kappa shape index (κ2) is 6.75. The lowest BCUT2D eigenvalue weighted by Crippen LogP contribution is -2.43. The van der Waals surface area contributed by atoms with Gasteiger partial charge in [-0.1, -0.05) is 0 Å². The third kappa shape index (κ3) is 6.43. The van der Waals surface area contributed by atoms with Crippen LogP contribution in [-0.2, 0) is 16.0 Å². The third-order valence-electron chi connectivity index (χ3n) is 2.70. The van der Waals surface area contributed by atoms with Gasteiger partial charge in [-0.3, -0.25) is 4.79 Å². The van der Waals surface area contributed by atoms with Crippen molar-refractivity contribution in [3.8, 4) is 0 Å². The van der Waals surface area contributed by atoms with Gasteiger partial charge in [-0.2, -0.15) is 0 Å². The maximum atomic E-state index is 11.8. The molecule has 1 N–H and O–H groups in total. The molecule has 0 aliphatic heterocycles. The Kier molecular flexibility index (Phi) is 5.60. The van der Waals surface area contributed by atoms with Crippen molar-refractivity contribution in [3.05, 3.63) is 24.2 Å². The first-order valence-corrected chi connectivity index (χ1v) is 6.79. The minimum Gasteiger partial charge on any atom is -0.469 e. The molecular weight excluding hydrogens is 242 g/mol. The van der Waals surface area contributed by atoms with Crippen molar-refractivity contribution < 1.29 is 13.9 Å². The van der Waals surface area contributed by atoms with Crippen LogP contribution in [0.1, 0.15) is 46.8 Å². The van der Waals surface area contributed by atoms with Crippen molar-refractivity contribution in [2.75, 3.05) is 0 Å². The fraction of sp³-hybridized carbons (Fsp3) is 0.667. The van der Waals surface area contributed by atoms with Gasteiger partial charge in [-0.15, -0.1) is 0 Å². The smallest absolute Gasteiger partial charge is 0.323 e. The van der Waals surface area contributed by atoms with Gasteiger partial charge in [0, 0.05) is 12.5 Å². The first-order chi connectivity index (χ1) is 8.78. The van der Waals surface area contributed by atoms with E-state index in [0.717, 1.165) is 18.6 Å². The van der Waals surface area contributed by atoms with E-state index in [2.05, 4.69) is 12.2 Å². The molecule has 0 saturated heterocycles. The van der Waals surface area contributed by atoms with Crippen molar-refractivity contribution in [3.63, 3.8) is 0 Å². The molecule has 19 heavy (non-hydrogen) atoms. The topological polar surface area (TPSA) is 51.5 Å². The van der Waals surface area contributed by atoms with Gasteiger partial charge in [0.1, 0.15) is 17.4 Å². The first-order valence-electron chi connectivity index (χ1n) is 6.79. The predicted molar refractivity (Wildman–Crippen MR) is 74.9 cm³/mol. The second-order valence-electron chi connectivity index (χ2n) is 5.94. The summed E-state index contributed by atoms with van der Waals surface area (Å²) in [4.78, 5) is 11.8. The van der Waals surface area contributed by atoms with Crippen LogP contribution in [0.2, 0.25) is 0 Å². The Balaban J connectivity index is 2.31. The molecule has 2 atom stereocenters. The van der Waals surface area contributed by atoms with Crippen LogP contribution in [0.3, 0.4) is 0 Å². The molecule has 4 heteroatoms. The maximum Gasteiger partial charge on any atom is 0.323 e. The minimum atomic E-state index is -0.440. The van der Waals surface area contributed by atoms with Crippen LogP contribution in [0.5, 0.6) is 0 Å². The van der Waals surface area contributed by atoms with Gasteiger partial charge in [0.25, 0.3) is 0 Å². The number of hydrogen-bond acceptors (Lipinski definition) is 4. The lowest BCUT2D eigenvalue weighted by Gasteiger charge is -2.24. The van der Waals surface area contributed by atoms with Crippen molar-refractivity contribution in [1.82, 2.24) is 5.32 Å². The summed E-state index contributed by atoms with van der Waals surface area (Å²) < 4.78 is 10.6. The van der Waals surface area contributed by atoms with Gasteiger partial charge in [0.05, 0.1) is 6.26 Å². The highest BCUT2D eigenvalue weighted by molar-refractivity contribution is 5.75. The Morgan fingerprint density at radius 1 is 1.42 bits per heavy atom. The average molecular weight is 267 g/mol. The fourth-order valence-corrected chi connectivity index (χ4v) is 1.78. The molecule has 4 nitrogen and oxygen atoms in total. The standard InChI is InChI=1S/C15H25NO3/c1-11(8-9-13-7-6-10-18-13)16-12(2)14(17)19-15(3,4)5/h6-7,10-12,16H,8-9H2,1-5H3. The Labute approximate surface area is 115 Å². The van der Waals surface area contributed by atoms with Crippen molar-refractivity contribution in [1.29, 1.82) is 0 Å². The number of furan rings is 1. The highest BCUT2D eigenvalue weighted by atomic mass is 16.6. The molecule has 2 unspecified atom stereocenters. The quantitative estimate of drug-likeness (QED) is 0.805. The molecular formula is C15H25NO3. The average Bonchev–Trinajstić information content (AvgIpc) is 2.76. The molecule has 0 bridgehead atoms. The van der Waals surface area contributed by atoms with E-state index in [1.54, 1.807) is 6.26 Å². The normalized spacial score (nSPS) is 15.0. The van der Waals surface area contributed by atoms with Crippen molar-refractivity contribution in [2.24, 2.45) is 0 Å². The van der Waals surface area contributed by atoms with Crippen LogP contribution < -0.4 is 5.32 Å². The molecule has 1 rings (SSSR count). The Morgan fingerprint density at radius 2 is 2.11 bits per heavy atom. The van der Waals surface area contributed by atoms with Gasteiger partial charge in [0.2, 0.25) is 0 Å². The number of carbonyl (C=O) groups is 1. The summed E-state index contributed by atoms with van der Waals surface area (Å²) in [6.07, 6.45) is 3.46. The predicted octanol–water partition coefficient (Wildman–Crippen LogP) is 2.92. The van der Waals surface area contributed by atoms with E-state index < -0.39 is 5.60 Å². The van der Waals surface area contributed by atoms with Gasteiger partial charge >= 0.3 is 5.97 Å². The maximum absolute atomic E-state index is 11.8. The summed E-state index contributed by atoms with van der Waals surface area (Å²) >= 11 is 0. The first kappa shape index (κ1) is 15.8. The monoisotopic (exact) mass is 267 g/mol. The Hall–Kier alpha value is -1.29. The molecule has 0 amide bonds. The van der Waals surface area contributed by atoms with Crippen molar-refractivity contribution in [2.45, 2.75) is 65.1 Å². The molecule has 0 fully saturated rings. The van der Waals surface area contributed by atoms with Crippen LogP contribution in [0.15, 0.2) is 22.8 Å². The highest BCUT2D eigenvalue weighted by Crippen LogP contribution is 2.10. The van der Waals surface area contributed by atoms with Crippen LogP contribution in [0, 0.1) is 0 Å². The zero-order chi connectivity index (χ0) is 14.5. The second-order valence-corrected chi connectivity index (χ2v) is 5.94. The van der Waals surface area contributed by atoms with Gasteiger partial charge in [-0.25, -0.2) is 0 Å². The van der Waals surface area contributed by atoms with Gasteiger partial charge in [-0.05, 0) is 53.2 Å². The minimum absolute atomic E-state index is 0.211. The van der Waals surface area contributed by atoms with E-state index >= 15 is 0 Å². The largest absolute Gasteiger partial charge is 0.469 e. The summed E-state index contributed by atoms with van der Waals surface area (Å²) in [7, 11) is 0. The Morgan fingerprint density at radius 3 is 2.63 bits per heavy atom. The van der Waals surface area contributed by atoms with E-state index in [1.807, 2.05) is 39.8 Å². The molecule has 108 valence electrons. The number of esters is 1. The van der Waals surface area contributed by atoms with E-state index in [4.69, 9.17) is 9.15 Å². The lowest BCUT2D eigenvalue weighted by atomic mass is 10.1. The lowest BCUT2D eigenvalue weighted by molar-refractivity contribution is -0.157. The van der Waals surface area contributed by atoms with E-state index in [0.29, 0.717) is 0 Å². The molecule has 1 heterocycles. The highest BCUT2D eigenvalue weighted by Gasteiger charge is 2.22. The summed E-state index contributed by atoms with van der Waals surface area (Å²) in [5.74, 6) is 0.760. The van der Waals surface area contributed by atoms with Crippen LogP contribution in [-0.4, -0.2) is 23.7 Å². The van der Waals surface area contributed by atoms with Crippen LogP contribution >= 0.6 is 0 Å². The molecule has 0 aromatic carbocycles. The van der Waals surface area contributed by atoms with E-state index in [9.17, 15) is 4.79 Å². The van der Waals surface area contributed by atoms with Crippen molar-refractivity contribution >= 4 is 5.97 Å². The number of nitrogens with one attached hydrogen (secondary N) is 1. The fourth-order valence-electron chi connectivity index (χ4n) is 1.78. The van der Waals surface area contributed by atoms with Gasteiger partial charge in [0.15, 0.2) is 0 Å². The summed E-state index contributed by atoms with van der Waals surface area (Å²) in [6, 6.07) is 3.78. The molecule has 1 aromatic heterocycles. The molecule has 0 aliphatic rings. The Bertz CT molecular complexity index is 379. The van der Waals surface area contributed by atoms with Gasteiger partial charge < -0.3 is 14.5 Å². The summed E-state index contributed by atoms with van der Waals surface area (Å²) in [5, 5.41) is 3.25. The number of aryl methyl sites for hydroxylation is 1. The number of carbonyl (C=O) groups excluding carboxylic acids is 1. The number of hydrogen-bond donors (Lipinski definition) is 1. The number of ether oxygens (including phenoxy) is 1. The zero-order valence-corrected chi connectivity index (χ0v) is 12.5. The molecule has 0 saturated carbocycles.